The van der Waals surface area contributed by atoms with Gasteiger partial charge in [0.05, 0.1) is 13.0 Å². The number of nitrogens with zero attached hydrogens (tertiary/aromatic N) is 2. The van der Waals surface area contributed by atoms with Crippen LogP contribution < -0.4 is 14.8 Å². The van der Waals surface area contributed by atoms with Crippen molar-refractivity contribution < 1.29 is 23.8 Å². The van der Waals surface area contributed by atoms with Gasteiger partial charge in [0.25, 0.3) is 5.91 Å². The Morgan fingerprint density at radius 3 is 2.81 bits per heavy atom. The number of benzene rings is 1. The van der Waals surface area contributed by atoms with Crippen LogP contribution in [0.2, 0.25) is 0 Å². The van der Waals surface area contributed by atoms with Crippen LogP contribution in [0.1, 0.15) is 23.3 Å². The van der Waals surface area contributed by atoms with Crippen molar-refractivity contribution in [2.75, 3.05) is 32.3 Å². The topological polar surface area (TPSA) is 90.0 Å². The third kappa shape index (κ3) is 3.68. The number of ether oxygens (including phenoxy) is 3. The summed E-state index contributed by atoms with van der Waals surface area (Å²) in [6.07, 6.45) is 1.23. The maximum atomic E-state index is 12.7. The van der Waals surface area contributed by atoms with Gasteiger partial charge in [0.2, 0.25) is 6.79 Å². The SMILES string of the molecule is COC(=O)C1CCN(C(=O)c2csc(Nc3ccc4c(c3)OCO4)n2)CC1. The highest BCUT2D eigenvalue weighted by Crippen LogP contribution is 2.35. The average Bonchev–Trinajstić information content (AvgIpc) is 3.36. The molecule has 2 aliphatic rings. The molecule has 2 aliphatic heterocycles. The molecular weight excluding hydrogens is 370 g/mol. The molecule has 2 aromatic rings. The third-order valence-electron chi connectivity index (χ3n) is 4.66. The molecule has 0 spiro atoms. The number of carbonyl (C=O) groups is 2. The van der Waals surface area contributed by atoms with Crippen molar-refractivity contribution in [1.29, 1.82) is 0 Å². The average molecular weight is 389 g/mol. The van der Waals surface area contributed by atoms with E-state index in [-0.39, 0.29) is 24.6 Å². The van der Waals surface area contributed by atoms with Crippen LogP contribution in [0.25, 0.3) is 0 Å². The molecule has 1 N–H and O–H groups in total. The van der Waals surface area contributed by atoms with Crippen LogP contribution in [0.15, 0.2) is 23.6 Å². The summed E-state index contributed by atoms with van der Waals surface area (Å²) >= 11 is 1.36. The Balaban J connectivity index is 1.38. The molecule has 9 heteroatoms. The van der Waals surface area contributed by atoms with E-state index in [1.807, 2.05) is 18.2 Å². The van der Waals surface area contributed by atoms with Gasteiger partial charge < -0.3 is 24.4 Å². The Bertz CT molecular complexity index is 860. The fourth-order valence-electron chi connectivity index (χ4n) is 3.17. The Hall–Kier alpha value is -2.81. The van der Waals surface area contributed by atoms with E-state index in [1.165, 1.54) is 18.4 Å². The lowest BCUT2D eigenvalue weighted by atomic mass is 9.97. The molecule has 0 aliphatic carbocycles. The molecule has 8 nitrogen and oxygen atoms in total. The van der Waals surface area contributed by atoms with Crippen molar-refractivity contribution in [3.8, 4) is 11.5 Å². The van der Waals surface area contributed by atoms with Gasteiger partial charge in [-0.2, -0.15) is 0 Å². The number of likely N-dealkylation sites (tertiary alicyclic amines) is 1. The molecule has 3 heterocycles. The maximum absolute atomic E-state index is 12.7. The van der Waals surface area contributed by atoms with Crippen molar-refractivity contribution in [2.24, 2.45) is 5.92 Å². The van der Waals surface area contributed by atoms with Crippen LogP contribution >= 0.6 is 11.3 Å². The molecule has 27 heavy (non-hydrogen) atoms. The Morgan fingerprint density at radius 1 is 1.26 bits per heavy atom. The van der Waals surface area contributed by atoms with E-state index in [4.69, 9.17) is 14.2 Å². The van der Waals surface area contributed by atoms with Crippen molar-refractivity contribution in [2.45, 2.75) is 12.8 Å². The van der Waals surface area contributed by atoms with E-state index in [0.717, 1.165) is 5.69 Å². The largest absolute Gasteiger partial charge is 0.469 e. The lowest BCUT2D eigenvalue weighted by Gasteiger charge is -2.30. The summed E-state index contributed by atoms with van der Waals surface area (Å²) in [6.45, 7) is 1.28. The summed E-state index contributed by atoms with van der Waals surface area (Å²) in [4.78, 5) is 30.4. The Kier molecular flexibility index (Phi) is 4.85. The predicted octanol–water partition coefficient (Wildman–Crippen LogP) is 2.64. The number of hydrogen-bond donors (Lipinski definition) is 1. The number of piperidine rings is 1. The second-order valence-corrected chi connectivity index (χ2v) is 7.18. The van der Waals surface area contributed by atoms with Crippen LogP contribution in [0.5, 0.6) is 11.5 Å². The molecule has 1 saturated heterocycles. The summed E-state index contributed by atoms with van der Waals surface area (Å²) in [5.41, 5.74) is 1.21. The predicted molar refractivity (Wildman–Crippen MR) is 98.6 cm³/mol. The summed E-state index contributed by atoms with van der Waals surface area (Å²) in [5, 5.41) is 5.55. The highest BCUT2D eigenvalue weighted by molar-refractivity contribution is 7.14. The zero-order chi connectivity index (χ0) is 18.8. The number of thiazole rings is 1. The number of amides is 1. The fraction of sp³-hybridized carbons (Fsp3) is 0.389. The maximum Gasteiger partial charge on any atom is 0.308 e. The lowest BCUT2D eigenvalue weighted by molar-refractivity contribution is -0.146. The number of fused-ring (bicyclic) bond motifs is 1. The molecule has 1 fully saturated rings. The van der Waals surface area contributed by atoms with Gasteiger partial charge in [-0.05, 0) is 25.0 Å². The van der Waals surface area contributed by atoms with Crippen LogP contribution in [0.3, 0.4) is 0 Å². The van der Waals surface area contributed by atoms with Crippen molar-refractivity contribution in [1.82, 2.24) is 9.88 Å². The Labute approximate surface area is 160 Å². The molecular formula is C18H19N3O5S. The molecule has 1 aromatic heterocycles. The minimum absolute atomic E-state index is 0.117. The summed E-state index contributed by atoms with van der Waals surface area (Å²) < 4.78 is 15.4. The first-order chi connectivity index (χ1) is 13.1. The number of rotatable bonds is 4. The van der Waals surface area contributed by atoms with Gasteiger partial charge >= 0.3 is 5.97 Å². The molecule has 1 amide bonds. The number of carbonyl (C=O) groups excluding carboxylic acids is 2. The number of methoxy groups -OCH3 is 1. The number of aromatic nitrogens is 1. The fourth-order valence-corrected chi connectivity index (χ4v) is 3.88. The summed E-state index contributed by atoms with van der Waals surface area (Å²) in [6, 6.07) is 5.53. The quantitative estimate of drug-likeness (QED) is 0.804. The van der Waals surface area contributed by atoms with E-state index >= 15 is 0 Å². The Morgan fingerprint density at radius 2 is 2.04 bits per heavy atom. The van der Waals surface area contributed by atoms with E-state index in [2.05, 4.69) is 10.3 Å². The minimum Gasteiger partial charge on any atom is -0.469 e. The van der Waals surface area contributed by atoms with Gasteiger partial charge in [-0.1, -0.05) is 0 Å². The molecule has 0 radical (unpaired) electrons. The molecule has 0 atom stereocenters. The smallest absolute Gasteiger partial charge is 0.308 e. The third-order valence-corrected chi connectivity index (χ3v) is 5.42. The molecule has 0 bridgehead atoms. The minimum atomic E-state index is -0.203. The van der Waals surface area contributed by atoms with E-state index < -0.39 is 0 Å². The number of nitrogens with one attached hydrogen (secondary N) is 1. The van der Waals surface area contributed by atoms with Gasteiger partial charge in [-0.3, -0.25) is 9.59 Å². The molecule has 0 unspecified atom stereocenters. The van der Waals surface area contributed by atoms with Crippen LogP contribution in [0, 0.1) is 5.92 Å². The van der Waals surface area contributed by atoms with Gasteiger partial charge in [0.15, 0.2) is 16.6 Å². The number of hydrogen-bond acceptors (Lipinski definition) is 8. The van der Waals surface area contributed by atoms with Gasteiger partial charge in [-0.15, -0.1) is 11.3 Å². The second kappa shape index (κ2) is 7.43. The van der Waals surface area contributed by atoms with Gasteiger partial charge in [0, 0.05) is 30.2 Å². The van der Waals surface area contributed by atoms with Gasteiger partial charge in [0.1, 0.15) is 5.69 Å². The standard InChI is InChI=1S/C18H19N3O5S/c1-24-17(23)11-4-6-21(7-5-11)16(22)13-9-27-18(20-13)19-12-2-3-14-15(8-12)26-10-25-14/h2-3,8-9,11H,4-7,10H2,1H3,(H,19,20). The molecule has 142 valence electrons. The molecule has 1 aromatic carbocycles. The van der Waals surface area contributed by atoms with E-state index in [1.54, 1.807) is 10.3 Å². The first-order valence-corrected chi connectivity index (χ1v) is 9.51. The normalized spacial score (nSPS) is 16.3. The highest BCUT2D eigenvalue weighted by atomic mass is 32.1. The number of anilines is 2. The zero-order valence-electron chi connectivity index (χ0n) is 14.8. The molecule has 0 saturated carbocycles. The monoisotopic (exact) mass is 389 g/mol. The van der Waals surface area contributed by atoms with E-state index in [0.29, 0.717) is 48.3 Å². The second-order valence-electron chi connectivity index (χ2n) is 6.32. The van der Waals surface area contributed by atoms with Crippen LogP contribution in [-0.2, 0) is 9.53 Å². The zero-order valence-corrected chi connectivity index (χ0v) is 15.6. The van der Waals surface area contributed by atoms with Crippen molar-refractivity contribution in [3.05, 3.63) is 29.3 Å². The highest BCUT2D eigenvalue weighted by Gasteiger charge is 2.29. The summed E-state index contributed by atoms with van der Waals surface area (Å²) in [5.74, 6) is 0.948. The molecule has 4 rings (SSSR count). The first kappa shape index (κ1) is 17.6. The first-order valence-electron chi connectivity index (χ1n) is 8.63. The van der Waals surface area contributed by atoms with Crippen LogP contribution in [-0.4, -0.2) is 48.8 Å². The summed E-state index contributed by atoms with van der Waals surface area (Å²) in [7, 11) is 1.39. The van der Waals surface area contributed by atoms with Crippen LogP contribution in [0.4, 0.5) is 10.8 Å². The van der Waals surface area contributed by atoms with E-state index in [9.17, 15) is 9.59 Å². The van der Waals surface area contributed by atoms with Crippen molar-refractivity contribution in [3.63, 3.8) is 0 Å². The van der Waals surface area contributed by atoms with Gasteiger partial charge in [-0.25, -0.2) is 4.98 Å². The number of esters is 1. The lowest BCUT2D eigenvalue weighted by Crippen LogP contribution is -2.40. The van der Waals surface area contributed by atoms with Crippen molar-refractivity contribution >= 4 is 34.0 Å².